The van der Waals surface area contributed by atoms with Gasteiger partial charge in [0.1, 0.15) is 23.0 Å². The van der Waals surface area contributed by atoms with Crippen LogP contribution in [0.5, 0.6) is 23.0 Å². The molecule has 486 valence electrons. The Morgan fingerprint density at radius 2 is 0.663 bits per heavy atom. The Balaban J connectivity index is 0.663. The van der Waals surface area contributed by atoms with Crippen LogP contribution in [0.25, 0.3) is 130 Å². The second-order valence-corrected chi connectivity index (χ2v) is 28.7. The van der Waals surface area contributed by atoms with Gasteiger partial charge in [-0.2, -0.15) is 0 Å². The molecule has 14 aromatic carbocycles. The summed E-state index contributed by atoms with van der Waals surface area (Å²) in [6.45, 7) is 4.61. The van der Waals surface area contributed by atoms with Gasteiger partial charge in [-0.15, -0.1) is 0 Å². The van der Waals surface area contributed by atoms with E-state index < -0.39 is 10.8 Å². The van der Waals surface area contributed by atoms with Gasteiger partial charge in [-0.05, 0) is 155 Å². The van der Waals surface area contributed by atoms with Crippen molar-refractivity contribution >= 4 is 16.8 Å². The first kappa shape index (κ1) is 58.5. The van der Waals surface area contributed by atoms with Crippen LogP contribution in [0.4, 0.5) is 0 Å². The summed E-state index contributed by atoms with van der Waals surface area (Å²) in [4.78, 5) is 32.1. The number of hydrogen-bond acceptors (Lipinski definition) is 8. The lowest BCUT2D eigenvalue weighted by Gasteiger charge is -2.39. The fourth-order valence-corrected chi connectivity index (χ4v) is 18.3. The van der Waals surface area contributed by atoms with Gasteiger partial charge < -0.3 is 9.47 Å². The van der Waals surface area contributed by atoms with Crippen LogP contribution in [-0.2, 0) is 22.7 Å². The topological polar surface area (TPSA) is 95.8 Å². The second-order valence-electron chi connectivity index (χ2n) is 28.7. The maximum absolute atomic E-state index is 7.29. The minimum atomic E-state index is -0.757. The fourth-order valence-electron chi connectivity index (χ4n) is 18.3. The van der Waals surface area contributed by atoms with E-state index in [0.717, 1.165) is 107 Å². The van der Waals surface area contributed by atoms with Crippen molar-refractivity contribution in [1.29, 1.82) is 0 Å². The van der Waals surface area contributed by atoms with Gasteiger partial charge in [-0.25, -0.2) is 29.9 Å². The van der Waals surface area contributed by atoms with E-state index in [4.69, 9.17) is 39.4 Å². The number of allylic oxidation sites excluding steroid dienone is 1. The van der Waals surface area contributed by atoms with E-state index >= 15 is 0 Å². The van der Waals surface area contributed by atoms with Crippen LogP contribution >= 0.6 is 0 Å². The molecule has 2 spiro atoms. The van der Waals surface area contributed by atoms with Crippen molar-refractivity contribution < 1.29 is 9.47 Å². The van der Waals surface area contributed by atoms with Crippen molar-refractivity contribution in [3.05, 3.63) is 376 Å². The van der Waals surface area contributed by atoms with Gasteiger partial charge in [0.15, 0.2) is 34.9 Å². The zero-order valence-electron chi connectivity index (χ0n) is 56.7. The van der Waals surface area contributed by atoms with E-state index in [9.17, 15) is 0 Å². The standard InChI is InChI=1S/C96H60N6O2/c1-94(2)73-31-11-6-26-67(73)72-46-42-63(53-81(72)94)90-97-88(58-20-4-3-5-21-58)98-91(101-90)64-44-48-80-86(55-64)104-84-49-45-60(52-82(84)96(80)76-34-14-9-29-70(76)71-30-10-15-35-77(71)96)56-38-40-59(41-39-56)89-99-92(102-93(100-89)66-50-61-24-18-22-57-23-19-25-62(51-66)87(57)61)65-43-47-79-85(54-65)103-83-37-17-16-36-78(83)95(79)74-32-12-7-27-68(74)69-28-8-13-33-75(69)95/h3-22,24-55H,23H2,1-2H3. The largest absolute Gasteiger partial charge is 0.457 e. The van der Waals surface area contributed by atoms with E-state index in [1.807, 2.05) is 18.2 Å². The van der Waals surface area contributed by atoms with E-state index in [-0.39, 0.29) is 5.41 Å². The number of aromatic nitrogens is 6. The van der Waals surface area contributed by atoms with Crippen LogP contribution in [0.2, 0.25) is 0 Å². The molecule has 0 unspecified atom stereocenters. The maximum Gasteiger partial charge on any atom is 0.164 e. The SMILES string of the molecule is CC1(C)c2ccccc2-c2ccc(-c3nc(-c4ccccc4)nc(-c4ccc5c(c4)Oc4ccc(-c6ccc(-c7nc(-c8ccc9c(c8)Oc8ccccc8C98c9ccccc9-c9ccccc98)nc(-c8cc9c%10c(cccc%10c8)CC=C9)n7)cc6)cc4C54c5ccccc5-c5ccccc54)n3)cc21. The van der Waals surface area contributed by atoms with E-state index in [1.54, 1.807) is 0 Å². The quantitative estimate of drug-likeness (QED) is 0.156. The number of ether oxygens (including phenoxy) is 2. The van der Waals surface area contributed by atoms with Gasteiger partial charge in [-0.3, -0.25) is 0 Å². The summed E-state index contributed by atoms with van der Waals surface area (Å²) in [5, 5.41) is 2.42. The van der Waals surface area contributed by atoms with Crippen molar-refractivity contribution in [3.8, 4) is 136 Å². The Labute approximate surface area is 601 Å². The third-order valence-corrected chi connectivity index (χ3v) is 22.9. The summed E-state index contributed by atoms with van der Waals surface area (Å²) >= 11 is 0. The molecule has 2 aromatic heterocycles. The highest BCUT2D eigenvalue weighted by Crippen LogP contribution is 2.65. The average molecular weight is 1330 g/mol. The number of benzene rings is 14. The molecule has 104 heavy (non-hydrogen) atoms. The summed E-state index contributed by atoms with van der Waals surface area (Å²) in [7, 11) is 0. The smallest absolute Gasteiger partial charge is 0.164 e. The Hall–Kier alpha value is -13.3. The molecular weight excluding hydrogens is 1270 g/mol. The molecular formula is C96H60N6O2. The second kappa shape index (κ2) is 21.9. The van der Waals surface area contributed by atoms with Gasteiger partial charge in [0.2, 0.25) is 0 Å². The molecule has 0 fully saturated rings. The number of fused-ring (bicyclic) bond motifs is 21. The summed E-state index contributed by atoms with van der Waals surface area (Å²) in [5.41, 5.74) is 27.3. The molecule has 8 heteroatoms. The van der Waals surface area contributed by atoms with Gasteiger partial charge in [0.05, 0.1) is 10.8 Å². The monoisotopic (exact) mass is 1330 g/mol. The molecule has 22 rings (SSSR count). The molecule has 0 N–H and O–H groups in total. The van der Waals surface area contributed by atoms with Crippen molar-refractivity contribution in [2.24, 2.45) is 0 Å². The van der Waals surface area contributed by atoms with Crippen LogP contribution in [0.1, 0.15) is 80.6 Å². The zero-order valence-corrected chi connectivity index (χ0v) is 56.7. The summed E-state index contributed by atoms with van der Waals surface area (Å²) in [5.74, 6) is 6.55. The average Bonchev–Trinajstić information content (AvgIpc) is 1.46. The molecule has 4 aliphatic carbocycles. The zero-order chi connectivity index (χ0) is 68.6. The van der Waals surface area contributed by atoms with Gasteiger partial charge in [0.25, 0.3) is 0 Å². The van der Waals surface area contributed by atoms with Crippen molar-refractivity contribution in [2.75, 3.05) is 0 Å². The molecule has 0 saturated heterocycles. The highest BCUT2D eigenvalue weighted by atomic mass is 16.5. The summed E-state index contributed by atoms with van der Waals surface area (Å²) in [6.07, 6.45) is 5.37. The van der Waals surface area contributed by atoms with Crippen LogP contribution in [0.15, 0.2) is 309 Å². The van der Waals surface area contributed by atoms with Crippen molar-refractivity contribution in [1.82, 2.24) is 29.9 Å². The molecule has 0 saturated carbocycles. The highest BCUT2D eigenvalue weighted by Gasteiger charge is 2.53. The number of para-hydroxylation sites is 1. The predicted octanol–water partition coefficient (Wildman–Crippen LogP) is 22.7. The molecule has 16 aromatic rings. The minimum Gasteiger partial charge on any atom is -0.457 e. The van der Waals surface area contributed by atoms with Gasteiger partial charge >= 0.3 is 0 Å². The molecule has 2 aliphatic heterocycles. The van der Waals surface area contributed by atoms with Crippen LogP contribution in [0, 0.1) is 0 Å². The van der Waals surface area contributed by atoms with Crippen LogP contribution in [-0.4, -0.2) is 29.9 Å². The molecule has 6 aliphatic rings. The summed E-state index contributed by atoms with van der Waals surface area (Å²) in [6, 6.07) is 109. The lowest BCUT2D eigenvalue weighted by Crippen LogP contribution is -2.32. The molecule has 0 bridgehead atoms. The molecule has 4 heterocycles. The molecule has 0 radical (unpaired) electrons. The Bertz CT molecular complexity index is 6360. The van der Waals surface area contributed by atoms with Gasteiger partial charge in [-0.1, -0.05) is 281 Å². The first-order chi connectivity index (χ1) is 51.2. The van der Waals surface area contributed by atoms with Crippen LogP contribution < -0.4 is 9.47 Å². The first-order valence-corrected chi connectivity index (χ1v) is 35.7. The molecule has 0 amide bonds. The Kier molecular flexibility index (Phi) is 12.3. The summed E-state index contributed by atoms with van der Waals surface area (Å²) < 4.78 is 14.3. The number of rotatable bonds is 7. The first-order valence-electron chi connectivity index (χ1n) is 35.7. The third-order valence-electron chi connectivity index (χ3n) is 22.9. The highest BCUT2D eigenvalue weighted by molar-refractivity contribution is 5.99. The maximum atomic E-state index is 7.29. The van der Waals surface area contributed by atoms with E-state index in [2.05, 4.69) is 311 Å². The van der Waals surface area contributed by atoms with E-state index in [1.165, 1.54) is 77.7 Å². The molecule has 8 nitrogen and oxygen atoms in total. The van der Waals surface area contributed by atoms with E-state index in [0.29, 0.717) is 34.9 Å². The predicted molar refractivity (Wildman–Crippen MR) is 414 cm³/mol. The van der Waals surface area contributed by atoms with Gasteiger partial charge in [0, 0.05) is 61.0 Å². The number of nitrogens with zero attached hydrogens (tertiary/aromatic N) is 6. The Morgan fingerprint density at radius 3 is 1.25 bits per heavy atom. The fraction of sp³-hybridized carbons (Fsp3) is 0.0625. The lowest BCUT2D eigenvalue weighted by atomic mass is 9.65. The Morgan fingerprint density at radius 1 is 0.260 bits per heavy atom. The third kappa shape index (κ3) is 8.30. The van der Waals surface area contributed by atoms with Crippen molar-refractivity contribution in [3.63, 3.8) is 0 Å². The van der Waals surface area contributed by atoms with Crippen LogP contribution in [0.3, 0.4) is 0 Å². The van der Waals surface area contributed by atoms with Crippen molar-refractivity contribution in [2.45, 2.75) is 36.5 Å². The normalized spacial score (nSPS) is 14.6. The lowest BCUT2D eigenvalue weighted by molar-refractivity contribution is 0.436. The minimum absolute atomic E-state index is 0.198. The molecule has 0 atom stereocenters. The number of hydrogen-bond donors (Lipinski definition) is 0.